The van der Waals surface area contributed by atoms with Gasteiger partial charge in [0.05, 0.1) is 19.0 Å². The van der Waals surface area contributed by atoms with Gasteiger partial charge in [-0.3, -0.25) is 4.79 Å². The van der Waals surface area contributed by atoms with Crippen molar-refractivity contribution in [3.8, 4) is 0 Å². The van der Waals surface area contributed by atoms with Crippen molar-refractivity contribution in [1.82, 2.24) is 9.97 Å². The van der Waals surface area contributed by atoms with Crippen LogP contribution in [0.15, 0.2) is 11.2 Å². The molecule has 0 unspecified atom stereocenters. The summed E-state index contributed by atoms with van der Waals surface area (Å²) in [6.07, 6.45) is 0. The lowest BCUT2D eigenvalue weighted by molar-refractivity contribution is -0.133. The van der Waals surface area contributed by atoms with Crippen LogP contribution in [-0.4, -0.2) is 53.1 Å². The maximum atomic E-state index is 10.5. The van der Waals surface area contributed by atoms with Crippen molar-refractivity contribution in [2.75, 3.05) is 37.0 Å². The van der Waals surface area contributed by atoms with E-state index in [1.54, 1.807) is 0 Å². The third-order valence-corrected chi connectivity index (χ3v) is 3.31. The number of hydrogen-bond donors (Lipinski definition) is 1. The number of aryl methyl sites for hydroxylation is 1. The zero-order chi connectivity index (χ0) is 13.0. The van der Waals surface area contributed by atoms with E-state index in [1.807, 2.05) is 13.0 Å². The molecule has 18 heavy (non-hydrogen) atoms. The Morgan fingerprint density at radius 3 is 2.89 bits per heavy atom. The number of morpholine rings is 1. The van der Waals surface area contributed by atoms with Crippen LogP contribution in [0, 0.1) is 6.92 Å². The summed E-state index contributed by atoms with van der Waals surface area (Å²) in [5.41, 5.74) is 0.847. The summed E-state index contributed by atoms with van der Waals surface area (Å²) in [6.45, 7) is 4.89. The van der Waals surface area contributed by atoms with E-state index >= 15 is 0 Å². The van der Waals surface area contributed by atoms with Gasteiger partial charge in [-0.1, -0.05) is 11.8 Å². The normalized spacial score (nSPS) is 15.7. The average Bonchev–Trinajstić information content (AvgIpc) is 2.37. The smallest absolute Gasteiger partial charge is 0.313 e. The first-order valence-corrected chi connectivity index (χ1v) is 6.66. The standard InChI is InChI=1S/C11H15N3O3S/c1-8-6-9(14-2-4-17-5-3-14)13-11(12-8)18-7-10(15)16/h6H,2-5,7H2,1H3,(H,15,16). The lowest BCUT2D eigenvalue weighted by Gasteiger charge is -2.28. The van der Waals surface area contributed by atoms with Crippen LogP contribution in [0.2, 0.25) is 0 Å². The molecule has 1 N–H and O–H groups in total. The van der Waals surface area contributed by atoms with E-state index in [9.17, 15) is 4.79 Å². The van der Waals surface area contributed by atoms with Crippen LogP contribution in [0.4, 0.5) is 5.82 Å². The quantitative estimate of drug-likeness (QED) is 0.640. The Labute approximate surface area is 109 Å². The molecule has 2 rings (SSSR count). The molecule has 0 spiro atoms. The molecule has 0 saturated carbocycles. The molecular weight excluding hydrogens is 254 g/mol. The topological polar surface area (TPSA) is 75.5 Å². The molecule has 0 aliphatic carbocycles. The van der Waals surface area contributed by atoms with E-state index in [4.69, 9.17) is 9.84 Å². The summed E-state index contributed by atoms with van der Waals surface area (Å²) in [7, 11) is 0. The largest absolute Gasteiger partial charge is 0.481 e. The Bertz CT molecular complexity index is 436. The van der Waals surface area contributed by atoms with Gasteiger partial charge in [0.25, 0.3) is 0 Å². The Kier molecular flexibility index (Phi) is 4.38. The number of anilines is 1. The fourth-order valence-corrected chi connectivity index (χ4v) is 2.29. The minimum absolute atomic E-state index is 0.0218. The zero-order valence-corrected chi connectivity index (χ0v) is 10.9. The molecule has 1 saturated heterocycles. The molecule has 98 valence electrons. The Balaban J connectivity index is 2.12. The SMILES string of the molecule is Cc1cc(N2CCOCC2)nc(SCC(=O)O)n1. The van der Waals surface area contributed by atoms with Gasteiger partial charge < -0.3 is 14.7 Å². The number of nitrogens with zero attached hydrogens (tertiary/aromatic N) is 3. The number of thioether (sulfide) groups is 1. The molecule has 1 aromatic rings. The van der Waals surface area contributed by atoms with Crippen molar-refractivity contribution in [3.05, 3.63) is 11.8 Å². The molecule has 1 aromatic heterocycles. The molecule has 2 heterocycles. The van der Waals surface area contributed by atoms with Crippen LogP contribution in [0.5, 0.6) is 0 Å². The molecule has 0 atom stereocenters. The highest BCUT2D eigenvalue weighted by Crippen LogP contribution is 2.19. The molecule has 0 bridgehead atoms. The van der Waals surface area contributed by atoms with E-state index in [1.165, 1.54) is 0 Å². The number of carbonyl (C=O) groups is 1. The van der Waals surface area contributed by atoms with Crippen molar-refractivity contribution in [1.29, 1.82) is 0 Å². The van der Waals surface area contributed by atoms with Crippen LogP contribution in [0.3, 0.4) is 0 Å². The number of aromatic nitrogens is 2. The van der Waals surface area contributed by atoms with Crippen molar-refractivity contribution >= 4 is 23.5 Å². The summed E-state index contributed by atoms with van der Waals surface area (Å²) in [4.78, 5) is 21.3. The van der Waals surface area contributed by atoms with E-state index in [0.717, 1.165) is 36.4 Å². The van der Waals surface area contributed by atoms with E-state index in [0.29, 0.717) is 18.4 Å². The highest BCUT2D eigenvalue weighted by atomic mass is 32.2. The second kappa shape index (κ2) is 6.01. The maximum Gasteiger partial charge on any atom is 0.313 e. The molecule has 0 amide bonds. The van der Waals surface area contributed by atoms with E-state index in [-0.39, 0.29) is 5.75 Å². The molecule has 6 nitrogen and oxygen atoms in total. The van der Waals surface area contributed by atoms with Crippen molar-refractivity contribution < 1.29 is 14.6 Å². The number of aliphatic carboxylic acids is 1. The Morgan fingerprint density at radius 2 is 2.22 bits per heavy atom. The first kappa shape index (κ1) is 13.1. The molecule has 1 fully saturated rings. The van der Waals surface area contributed by atoms with E-state index < -0.39 is 5.97 Å². The van der Waals surface area contributed by atoms with Gasteiger partial charge in [-0.2, -0.15) is 0 Å². The number of carboxylic acids is 1. The van der Waals surface area contributed by atoms with Gasteiger partial charge in [-0.25, -0.2) is 9.97 Å². The van der Waals surface area contributed by atoms with Gasteiger partial charge in [-0.15, -0.1) is 0 Å². The highest BCUT2D eigenvalue weighted by Gasteiger charge is 2.14. The van der Waals surface area contributed by atoms with Crippen LogP contribution < -0.4 is 4.90 Å². The predicted octanol–water partition coefficient (Wildman–Crippen LogP) is 0.798. The first-order valence-electron chi connectivity index (χ1n) is 5.68. The fraction of sp³-hybridized carbons (Fsp3) is 0.545. The maximum absolute atomic E-state index is 10.5. The average molecular weight is 269 g/mol. The first-order chi connectivity index (χ1) is 8.65. The zero-order valence-electron chi connectivity index (χ0n) is 10.1. The van der Waals surface area contributed by atoms with Gasteiger partial charge in [0.2, 0.25) is 0 Å². The number of rotatable bonds is 4. The summed E-state index contributed by atoms with van der Waals surface area (Å²) < 4.78 is 5.29. The molecule has 1 aliphatic heterocycles. The van der Waals surface area contributed by atoms with Crippen LogP contribution >= 0.6 is 11.8 Å². The summed E-state index contributed by atoms with van der Waals surface area (Å²) >= 11 is 1.14. The lowest BCUT2D eigenvalue weighted by atomic mass is 10.3. The van der Waals surface area contributed by atoms with Crippen LogP contribution in [0.25, 0.3) is 0 Å². The molecule has 0 radical (unpaired) electrons. The molecule has 0 aromatic carbocycles. The fourth-order valence-electron chi connectivity index (χ4n) is 1.67. The number of hydrogen-bond acceptors (Lipinski definition) is 6. The Morgan fingerprint density at radius 1 is 1.50 bits per heavy atom. The van der Waals surface area contributed by atoms with Crippen LogP contribution in [0.1, 0.15) is 5.69 Å². The summed E-state index contributed by atoms with van der Waals surface area (Å²) in [5, 5.41) is 9.17. The lowest BCUT2D eigenvalue weighted by Crippen LogP contribution is -2.36. The number of ether oxygens (including phenoxy) is 1. The van der Waals surface area contributed by atoms with Crippen LogP contribution in [-0.2, 0) is 9.53 Å². The second-order valence-corrected chi connectivity index (χ2v) is 4.87. The molecule has 1 aliphatic rings. The predicted molar refractivity (Wildman–Crippen MR) is 68.2 cm³/mol. The van der Waals surface area contributed by atoms with E-state index in [2.05, 4.69) is 14.9 Å². The molecular formula is C11H15N3O3S. The third kappa shape index (κ3) is 3.58. The Hall–Kier alpha value is -1.34. The van der Waals surface area contributed by atoms with Gasteiger partial charge in [0.1, 0.15) is 5.82 Å². The van der Waals surface area contributed by atoms with Gasteiger partial charge >= 0.3 is 5.97 Å². The summed E-state index contributed by atoms with van der Waals surface area (Å²) in [5.74, 6) is -0.0387. The van der Waals surface area contributed by atoms with Crippen molar-refractivity contribution in [2.45, 2.75) is 12.1 Å². The second-order valence-electron chi connectivity index (χ2n) is 3.93. The highest BCUT2D eigenvalue weighted by molar-refractivity contribution is 7.99. The minimum atomic E-state index is -0.863. The summed E-state index contributed by atoms with van der Waals surface area (Å²) in [6, 6.07) is 1.91. The van der Waals surface area contributed by atoms with Crippen molar-refractivity contribution in [2.24, 2.45) is 0 Å². The van der Waals surface area contributed by atoms with Gasteiger partial charge in [0.15, 0.2) is 5.16 Å². The van der Waals surface area contributed by atoms with Crippen molar-refractivity contribution in [3.63, 3.8) is 0 Å². The van der Waals surface area contributed by atoms with Gasteiger partial charge in [-0.05, 0) is 6.92 Å². The minimum Gasteiger partial charge on any atom is -0.481 e. The number of carboxylic acid groups (broad SMARTS) is 1. The van der Waals surface area contributed by atoms with Gasteiger partial charge in [0, 0.05) is 24.8 Å². The monoisotopic (exact) mass is 269 g/mol. The molecule has 7 heteroatoms. The third-order valence-electron chi connectivity index (χ3n) is 2.48.